The van der Waals surface area contributed by atoms with Gasteiger partial charge < -0.3 is 10.2 Å². The first-order valence-electron chi connectivity index (χ1n) is 9.33. The maximum Gasteiger partial charge on any atom is 0.292 e. The molecule has 2 aromatic rings. The van der Waals surface area contributed by atoms with Crippen LogP contribution < -0.4 is 15.8 Å². The normalized spacial score (nSPS) is 16.1. The van der Waals surface area contributed by atoms with E-state index < -0.39 is 5.56 Å². The maximum absolute atomic E-state index is 13.0. The molecule has 0 atom stereocenters. The lowest BCUT2D eigenvalue weighted by Gasteiger charge is -2.28. The minimum absolute atomic E-state index is 0.0563. The van der Waals surface area contributed by atoms with Crippen LogP contribution in [0.3, 0.4) is 0 Å². The Balaban J connectivity index is 1.59. The number of rotatable bonds is 5. The highest BCUT2D eigenvalue weighted by Crippen LogP contribution is 2.36. The number of benzene rings is 1. The second kappa shape index (κ2) is 7.43. The number of aryl methyl sites for hydroxylation is 2. The van der Waals surface area contributed by atoms with E-state index in [0.29, 0.717) is 28.8 Å². The van der Waals surface area contributed by atoms with Crippen LogP contribution in [0.5, 0.6) is 0 Å². The van der Waals surface area contributed by atoms with Crippen molar-refractivity contribution in [2.24, 2.45) is 5.92 Å². The van der Waals surface area contributed by atoms with Gasteiger partial charge in [0.05, 0.1) is 16.8 Å². The van der Waals surface area contributed by atoms with Gasteiger partial charge in [0.2, 0.25) is 11.8 Å². The number of nitrogens with zero attached hydrogens (tertiary/aromatic N) is 3. The molecule has 4 rings (SSSR count). The largest absolute Gasteiger partial charge is 0.324 e. The topological polar surface area (TPSA) is 84.3 Å². The molecule has 146 valence electrons. The Kier molecular flexibility index (Phi) is 4.97. The summed E-state index contributed by atoms with van der Waals surface area (Å²) in [6.07, 6.45) is 3.76. The van der Waals surface area contributed by atoms with Crippen molar-refractivity contribution in [1.29, 1.82) is 0 Å². The Bertz CT molecular complexity index is 993. The number of carbonyl (C=O) groups is 2. The van der Waals surface area contributed by atoms with Crippen molar-refractivity contribution in [3.8, 4) is 0 Å². The van der Waals surface area contributed by atoms with Crippen molar-refractivity contribution in [2.45, 2.75) is 38.1 Å². The number of thioether (sulfide) groups is 1. The molecule has 0 bridgehead atoms. The number of carbonyl (C=O) groups excluding carboxylic acids is 2. The van der Waals surface area contributed by atoms with Crippen molar-refractivity contribution in [3.05, 3.63) is 45.9 Å². The third-order valence-corrected chi connectivity index (χ3v) is 6.08. The molecule has 0 radical (unpaired) electrons. The molecule has 2 aliphatic rings. The molecule has 1 aliphatic carbocycles. The quantitative estimate of drug-likeness (QED) is 0.836. The molecule has 2 heterocycles. The molecular formula is C20H22N4O3S. The van der Waals surface area contributed by atoms with Crippen LogP contribution in [0.25, 0.3) is 0 Å². The molecule has 1 aliphatic heterocycles. The van der Waals surface area contributed by atoms with Gasteiger partial charge in [-0.1, -0.05) is 18.2 Å². The van der Waals surface area contributed by atoms with Gasteiger partial charge >= 0.3 is 0 Å². The number of hydrogen-bond donors (Lipinski definition) is 1. The van der Waals surface area contributed by atoms with Gasteiger partial charge in [0.25, 0.3) is 5.56 Å². The highest BCUT2D eigenvalue weighted by atomic mass is 32.2. The first-order valence-corrected chi connectivity index (χ1v) is 10.3. The van der Waals surface area contributed by atoms with E-state index in [1.807, 2.05) is 32.0 Å². The fourth-order valence-electron chi connectivity index (χ4n) is 3.35. The lowest BCUT2D eigenvalue weighted by atomic mass is 10.1. The molecule has 0 spiro atoms. The van der Waals surface area contributed by atoms with Gasteiger partial charge in [-0.2, -0.15) is 5.10 Å². The summed E-state index contributed by atoms with van der Waals surface area (Å²) in [4.78, 5) is 40.2. The lowest BCUT2D eigenvalue weighted by molar-refractivity contribution is -0.117. The van der Waals surface area contributed by atoms with Gasteiger partial charge in [0.1, 0.15) is 12.2 Å². The molecule has 0 saturated heterocycles. The zero-order valence-electron chi connectivity index (χ0n) is 15.9. The highest BCUT2D eigenvalue weighted by Gasteiger charge is 2.34. The third kappa shape index (κ3) is 3.69. The summed E-state index contributed by atoms with van der Waals surface area (Å²) in [5.74, 6) is 0.403. The van der Waals surface area contributed by atoms with Crippen LogP contribution in [0, 0.1) is 19.8 Å². The van der Waals surface area contributed by atoms with Crippen LogP contribution in [-0.4, -0.2) is 33.9 Å². The molecule has 2 amide bonds. The van der Waals surface area contributed by atoms with E-state index in [-0.39, 0.29) is 18.4 Å². The molecule has 0 unspecified atom stereocenters. The Morgan fingerprint density at radius 3 is 2.64 bits per heavy atom. The summed E-state index contributed by atoms with van der Waals surface area (Å²) in [5, 5.41) is 7.03. The zero-order valence-corrected chi connectivity index (χ0v) is 16.7. The second-order valence-electron chi connectivity index (χ2n) is 7.37. The van der Waals surface area contributed by atoms with Crippen molar-refractivity contribution in [3.63, 3.8) is 0 Å². The smallest absolute Gasteiger partial charge is 0.292 e. The van der Waals surface area contributed by atoms with Gasteiger partial charge in [-0.15, -0.1) is 11.8 Å². The van der Waals surface area contributed by atoms with Crippen LogP contribution in [0.2, 0.25) is 0 Å². The number of nitrogens with one attached hydrogen (secondary N) is 1. The van der Waals surface area contributed by atoms with E-state index in [1.54, 1.807) is 11.1 Å². The number of fused-ring (bicyclic) bond motifs is 1. The van der Waals surface area contributed by atoms with Crippen LogP contribution in [0.4, 0.5) is 11.4 Å². The number of hydrogen-bond acceptors (Lipinski definition) is 5. The summed E-state index contributed by atoms with van der Waals surface area (Å²) in [5.41, 5.74) is 2.63. The standard InChI is InChI=1S/C20H22N4O3S/c1-12-4-3-5-13(2)18(12)22-16(25)10-24-20(27)19-15(8-21-24)28-11-17(26)23(19)9-14-6-7-14/h3-5,8,14H,6-7,9-11H2,1-2H3,(H,22,25). The first kappa shape index (κ1) is 18.7. The molecular weight excluding hydrogens is 376 g/mol. The van der Waals surface area contributed by atoms with Gasteiger partial charge in [-0.3, -0.25) is 14.4 Å². The van der Waals surface area contributed by atoms with Gasteiger partial charge in [0.15, 0.2) is 0 Å². The summed E-state index contributed by atoms with van der Waals surface area (Å²) >= 11 is 1.33. The molecule has 8 heteroatoms. The van der Waals surface area contributed by atoms with E-state index in [2.05, 4.69) is 10.4 Å². The van der Waals surface area contributed by atoms with Crippen molar-refractivity contribution < 1.29 is 9.59 Å². The van der Waals surface area contributed by atoms with Crippen molar-refractivity contribution in [2.75, 3.05) is 22.5 Å². The summed E-state index contributed by atoms with van der Waals surface area (Å²) < 4.78 is 1.14. The third-order valence-electron chi connectivity index (χ3n) is 5.08. The van der Waals surface area contributed by atoms with Gasteiger partial charge in [-0.05, 0) is 43.7 Å². The van der Waals surface area contributed by atoms with E-state index in [4.69, 9.17) is 0 Å². The average molecular weight is 398 g/mol. The Labute approximate surface area is 167 Å². The minimum Gasteiger partial charge on any atom is -0.324 e. The fraction of sp³-hybridized carbons (Fsp3) is 0.400. The van der Waals surface area contributed by atoms with Crippen LogP contribution in [-0.2, 0) is 16.1 Å². The maximum atomic E-state index is 13.0. The minimum atomic E-state index is -0.393. The van der Waals surface area contributed by atoms with Crippen LogP contribution >= 0.6 is 11.8 Å². The molecule has 1 fully saturated rings. The average Bonchev–Trinajstić information content (AvgIpc) is 3.47. The number of para-hydroxylation sites is 1. The highest BCUT2D eigenvalue weighted by molar-refractivity contribution is 8.00. The molecule has 28 heavy (non-hydrogen) atoms. The van der Waals surface area contributed by atoms with E-state index in [9.17, 15) is 14.4 Å². The summed E-state index contributed by atoms with van der Waals surface area (Å²) in [6, 6.07) is 5.77. The fourth-order valence-corrected chi connectivity index (χ4v) is 4.24. The summed E-state index contributed by atoms with van der Waals surface area (Å²) in [7, 11) is 0. The molecule has 1 N–H and O–H groups in total. The monoisotopic (exact) mass is 398 g/mol. The lowest BCUT2D eigenvalue weighted by Crippen LogP contribution is -2.43. The van der Waals surface area contributed by atoms with Crippen molar-refractivity contribution >= 4 is 35.0 Å². The van der Waals surface area contributed by atoms with E-state index in [0.717, 1.165) is 34.3 Å². The molecule has 1 saturated carbocycles. The second-order valence-corrected chi connectivity index (χ2v) is 8.39. The summed E-state index contributed by atoms with van der Waals surface area (Å²) in [6.45, 7) is 4.21. The predicted octanol–water partition coefficient (Wildman–Crippen LogP) is 2.35. The van der Waals surface area contributed by atoms with E-state index >= 15 is 0 Å². The number of anilines is 2. The van der Waals surface area contributed by atoms with Crippen molar-refractivity contribution in [1.82, 2.24) is 9.78 Å². The Morgan fingerprint density at radius 1 is 1.25 bits per heavy atom. The number of aromatic nitrogens is 2. The zero-order chi connectivity index (χ0) is 19.8. The van der Waals surface area contributed by atoms with E-state index in [1.165, 1.54) is 11.8 Å². The molecule has 1 aromatic heterocycles. The first-order chi connectivity index (χ1) is 13.4. The number of amides is 2. The molecule has 1 aromatic carbocycles. The van der Waals surface area contributed by atoms with Gasteiger partial charge in [-0.25, -0.2) is 4.68 Å². The predicted molar refractivity (Wildman–Crippen MR) is 109 cm³/mol. The van der Waals surface area contributed by atoms with Crippen LogP contribution in [0.15, 0.2) is 34.1 Å². The SMILES string of the molecule is Cc1cccc(C)c1NC(=O)Cn1ncc2c(c1=O)N(CC1CC1)C(=O)CS2. The van der Waals surface area contributed by atoms with Crippen LogP contribution in [0.1, 0.15) is 24.0 Å². The van der Waals surface area contributed by atoms with Gasteiger partial charge in [0, 0.05) is 12.2 Å². The Morgan fingerprint density at radius 2 is 1.96 bits per heavy atom. The molecule has 7 nitrogen and oxygen atoms in total. The Hall–Kier alpha value is -2.61.